The van der Waals surface area contributed by atoms with Crippen molar-refractivity contribution in [3.05, 3.63) is 0 Å². The fourth-order valence-corrected chi connectivity index (χ4v) is 2.54. The molecular weight excluding hydrogens is 272 g/mol. The van der Waals surface area contributed by atoms with E-state index in [9.17, 15) is 19.8 Å². The number of nitrogens with one attached hydrogen (secondary N) is 2. The van der Waals surface area contributed by atoms with Crippen LogP contribution in [0.4, 0.5) is 4.79 Å². The molecule has 3 heterocycles. The van der Waals surface area contributed by atoms with Crippen molar-refractivity contribution < 1.29 is 29.6 Å². The van der Waals surface area contributed by atoms with E-state index < -0.39 is 55.3 Å². The molecule has 110 valence electrons. The quantitative estimate of drug-likeness (QED) is 0.351. The summed E-state index contributed by atoms with van der Waals surface area (Å²) in [5.74, 6) is -0.552. The van der Waals surface area contributed by atoms with Crippen LogP contribution in [0.3, 0.4) is 0 Å². The molecule has 0 aromatic carbocycles. The number of aliphatic hydroxyl groups is 3. The van der Waals surface area contributed by atoms with Crippen molar-refractivity contribution in [1.82, 2.24) is 15.5 Å². The molecule has 6 atom stereocenters. The molecule has 10 heteroatoms. The van der Waals surface area contributed by atoms with Crippen molar-refractivity contribution in [2.75, 3.05) is 6.61 Å². The highest BCUT2D eigenvalue weighted by Gasteiger charge is 2.51. The van der Waals surface area contributed by atoms with Gasteiger partial charge in [0.25, 0.3) is 5.91 Å². The molecule has 0 saturated carbocycles. The summed E-state index contributed by atoms with van der Waals surface area (Å²) in [6.07, 6.45) is -4.01. The Bertz CT molecular complexity index is 471. The van der Waals surface area contributed by atoms with E-state index in [0.29, 0.717) is 0 Å². The zero-order chi connectivity index (χ0) is 14.4. The predicted octanol–water partition coefficient (Wildman–Crippen LogP) is -3.70. The number of fused-ring (bicyclic) bond motifs is 1. The molecule has 0 aromatic rings. The summed E-state index contributed by atoms with van der Waals surface area (Å²) in [6.45, 7) is -0.458. The lowest BCUT2D eigenvalue weighted by molar-refractivity contribution is -0.125. The molecule has 3 amide bonds. The van der Waals surface area contributed by atoms with Crippen LogP contribution in [0, 0.1) is 0 Å². The Morgan fingerprint density at radius 1 is 1.35 bits per heavy atom. The summed E-state index contributed by atoms with van der Waals surface area (Å²) in [7, 11) is 0. The van der Waals surface area contributed by atoms with E-state index >= 15 is 0 Å². The van der Waals surface area contributed by atoms with E-state index in [1.807, 2.05) is 0 Å². The molecule has 3 aliphatic rings. The largest absolute Gasteiger partial charge is 0.394 e. The van der Waals surface area contributed by atoms with Gasteiger partial charge in [0.15, 0.2) is 12.3 Å². The topological polar surface area (TPSA) is 144 Å². The number of rotatable bonds is 2. The number of amides is 3. The first-order valence-electron chi connectivity index (χ1n) is 6.07. The third-order valence-electron chi connectivity index (χ3n) is 3.58. The summed E-state index contributed by atoms with van der Waals surface area (Å²) in [5, 5.41) is 33.3. The van der Waals surface area contributed by atoms with Crippen LogP contribution < -0.4 is 10.6 Å². The van der Waals surface area contributed by atoms with Gasteiger partial charge in [0, 0.05) is 0 Å². The zero-order valence-corrected chi connectivity index (χ0v) is 10.2. The van der Waals surface area contributed by atoms with E-state index in [1.165, 1.54) is 11.2 Å². The number of carbonyl (C=O) groups excluding carboxylic acids is 2. The van der Waals surface area contributed by atoms with Crippen LogP contribution in [-0.2, 0) is 9.53 Å². The number of carbonyl (C=O) groups is 2. The molecule has 0 spiro atoms. The SMILES string of the molecule is O=C1NC(=O)C2N=CN([C@@H]3O[C@H](CO)[C@@H](O)[C@H]3O)C2N1. The minimum absolute atomic E-state index is 0.458. The molecule has 2 unspecified atom stereocenters. The lowest BCUT2D eigenvalue weighted by atomic mass is 10.1. The molecule has 2 saturated heterocycles. The normalized spacial score (nSPS) is 43.5. The monoisotopic (exact) mass is 286 g/mol. The van der Waals surface area contributed by atoms with E-state index in [2.05, 4.69) is 15.6 Å². The van der Waals surface area contributed by atoms with Crippen molar-refractivity contribution in [2.45, 2.75) is 36.7 Å². The van der Waals surface area contributed by atoms with Gasteiger partial charge in [-0.15, -0.1) is 0 Å². The molecule has 0 aliphatic carbocycles. The molecule has 2 fully saturated rings. The van der Waals surface area contributed by atoms with Crippen LogP contribution in [0.5, 0.6) is 0 Å². The fourth-order valence-electron chi connectivity index (χ4n) is 2.54. The summed E-state index contributed by atoms with van der Waals surface area (Å²) in [5.41, 5.74) is 0. The Kier molecular flexibility index (Phi) is 3.09. The lowest BCUT2D eigenvalue weighted by Gasteiger charge is -2.35. The van der Waals surface area contributed by atoms with Crippen LogP contribution in [0.15, 0.2) is 4.99 Å². The van der Waals surface area contributed by atoms with Crippen LogP contribution in [0.2, 0.25) is 0 Å². The van der Waals surface area contributed by atoms with Gasteiger partial charge in [0.2, 0.25) is 0 Å². The molecular formula is C10H14N4O6. The third-order valence-corrected chi connectivity index (χ3v) is 3.58. The van der Waals surface area contributed by atoms with Gasteiger partial charge in [0.05, 0.1) is 12.9 Å². The van der Waals surface area contributed by atoms with Crippen molar-refractivity contribution in [2.24, 2.45) is 4.99 Å². The third kappa shape index (κ3) is 1.85. The molecule has 0 radical (unpaired) electrons. The molecule has 5 N–H and O–H groups in total. The van der Waals surface area contributed by atoms with Gasteiger partial charge < -0.3 is 30.3 Å². The van der Waals surface area contributed by atoms with E-state index in [1.54, 1.807) is 0 Å². The summed E-state index contributed by atoms with van der Waals surface area (Å²) >= 11 is 0. The van der Waals surface area contributed by atoms with Crippen LogP contribution >= 0.6 is 0 Å². The highest BCUT2D eigenvalue weighted by molar-refractivity contribution is 6.01. The maximum absolute atomic E-state index is 11.6. The first-order chi connectivity index (χ1) is 9.52. The second-order valence-corrected chi connectivity index (χ2v) is 4.79. The second kappa shape index (κ2) is 4.66. The number of nitrogens with zero attached hydrogens (tertiary/aromatic N) is 2. The maximum atomic E-state index is 11.6. The van der Waals surface area contributed by atoms with Gasteiger partial charge >= 0.3 is 6.03 Å². The van der Waals surface area contributed by atoms with Gasteiger partial charge in [-0.2, -0.15) is 0 Å². The van der Waals surface area contributed by atoms with Gasteiger partial charge in [-0.25, -0.2) is 4.79 Å². The first kappa shape index (κ1) is 13.2. The highest BCUT2D eigenvalue weighted by atomic mass is 16.6. The maximum Gasteiger partial charge on any atom is 0.323 e. The van der Waals surface area contributed by atoms with E-state index in [-0.39, 0.29) is 0 Å². The molecule has 20 heavy (non-hydrogen) atoms. The minimum Gasteiger partial charge on any atom is -0.394 e. The number of urea groups is 1. The summed E-state index contributed by atoms with van der Waals surface area (Å²) in [6, 6.07) is -1.51. The number of imide groups is 1. The first-order valence-corrected chi connectivity index (χ1v) is 6.07. The Morgan fingerprint density at radius 3 is 2.75 bits per heavy atom. The zero-order valence-electron chi connectivity index (χ0n) is 10.2. The number of aliphatic imine (C=N–C) groups is 1. The highest BCUT2D eigenvalue weighted by Crippen LogP contribution is 2.28. The number of aliphatic hydroxyl groups excluding tert-OH is 3. The standard InChI is InChI=1S/C10H14N4O6/c15-1-3-5(16)6(17)9(20-3)14-2-11-4-7(14)12-10(19)13-8(4)18/h2-7,9,15-17H,1H2,(H2,12,13,18,19)/t3-,4?,5-,6-,7?,9-/m1/s1. The Hall–Kier alpha value is -1.75. The molecule has 0 aromatic heterocycles. The summed E-state index contributed by atoms with van der Waals surface area (Å²) < 4.78 is 5.34. The average Bonchev–Trinajstić information content (AvgIpc) is 2.93. The van der Waals surface area contributed by atoms with Crippen LogP contribution in [0.1, 0.15) is 0 Å². The lowest BCUT2D eigenvalue weighted by Crippen LogP contribution is -2.65. The Balaban J connectivity index is 1.80. The Labute approximate surface area is 113 Å². The van der Waals surface area contributed by atoms with E-state index in [4.69, 9.17) is 9.84 Å². The van der Waals surface area contributed by atoms with Crippen molar-refractivity contribution >= 4 is 18.3 Å². The van der Waals surface area contributed by atoms with E-state index in [0.717, 1.165) is 0 Å². The molecule has 0 bridgehead atoms. The molecule has 3 rings (SSSR count). The number of hydrogen-bond acceptors (Lipinski definition) is 8. The Morgan fingerprint density at radius 2 is 2.10 bits per heavy atom. The van der Waals surface area contributed by atoms with Crippen molar-refractivity contribution in [3.8, 4) is 0 Å². The van der Waals surface area contributed by atoms with Crippen molar-refractivity contribution in [3.63, 3.8) is 0 Å². The number of hydrogen-bond donors (Lipinski definition) is 5. The minimum atomic E-state index is -1.29. The van der Waals surface area contributed by atoms with Crippen molar-refractivity contribution in [1.29, 1.82) is 0 Å². The van der Waals surface area contributed by atoms with Crippen LogP contribution in [0.25, 0.3) is 0 Å². The number of ether oxygens (including phenoxy) is 1. The van der Waals surface area contributed by atoms with Crippen LogP contribution in [-0.4, -0.2) is 81.9 Å². The average molecular weight is 286 g/mol. The van der Waals surface area contributed by atoms with Gasteiger partial charge in [0.1, 0.15) is 24.5 Å². The van der Waals surface area contributed by atoms with Gasteiger partial charge in [-0.1, -0.05) is 0 Å². The van der Waals surface area contributed by atoms with Gasteiger partial charge in [-0.05, 0) is 0 Å². The predicted molar refractivity (Wildman–Crippen MR) is 62.3 cm³/mol. The second-order valence-electron chi connectivity index (χ2n) is 4.79. The van der Waals surface area contributed by atoms with Gasteiger partial charge in [-0.3, -0.25) is 15.1 Å². The summed E-state index contributed by atoms with van der Waals surface area (Å²) in [4.78, 5) is 28.2. The molecule has 3 aliphatic heterocycles. The fraction of sp³-hybridized carbons (Fsp3) is 0.700. The smallest absolute Gasteiger partial charge is 0.323 e. The molecule has 10 nitrogen and oxygen atoms in total.